The van der Waals surface area contributed by atoms with E-state index in [2.05, 4.69) is 21.3 Å². The van der Waals surface area contributed by atoms with Crippen molar-refractivity contribution >= 4 is 29.0 Å². The first-order valence-electron chi connectivity index (χ1n) is 14.7. The van der Waals surface area contributed by atoms with E-state index in [1.807, 2.05) is 24.3 Å². The molecule has 228 valence electrons. The van der Waals surface area contributed by atoms with E-state index < -0.39 is 17.8 Å². The van der Waals surface area contributed by atoms with Gasteiger partial charge in [-0.25, -0.2) is 9.07 Å². The largest absolute Gasteiger partial charge is 0.392 e. The zero-order valence-electron chi connectivity index (χ0n) is 24.3. The van der Waals surface area contributed by atoms with Crippen molar-refractivity contribution in [2.24, 2.45) is 0 Å². The van der Waals surface area contributed by atoms with Gasteiger partial charge in [0.25, 0.3) is 5.91 Å². The van der Waals surface area contributed by atoms with Crippen LogP contribution in [0.3, 0.4) is 0 Å². The summed E-state index contributed by atoms with van der Waals surface area (Å²) in [5, 5.41) is 17.4. The van der Waals surface area contributed by atoms with E-state index in [0.29, 0.717) is 13.0 Å². The lowest BCUT2D eigenvalue weighted by Gasteiger charge is -2.40. The topological polar surface area (TPSA) is 101 Å². The molecule has 0 aliphatic carbocycles. The minimum atomic E-state index is -0.853. The summed E-state index contributed by atoms with van der Waals surface area (Å²) in [4.78, 5) is 32.0. The van der Waals surface area contributed by atoms with Gasteiger partial charge < -0.3 is 19.6 Å². The van der Waals surface area contributed by atoms with Crippen molar-refractivity contribution in [3.05, 3.63) is 106 Å². The molecule has 1 N–H and O–H groups in total. The molecule has 11 heteroatoms. The van der Waals surface area contributed by atoms with Gasteiger partial charge in [-0.15, -0.1) is 5.10 Å². The molecule has 0 spiro atoms. The van der Waals surface area contributed by atoms with E-state index in [1.165, 1.54) is 23.0 Å². The van der Waals surface area contributed by atoms with Gasteiger partial charge in [-0.1, -0.05) is 59.3 Å². The number of hydrogen-bond acceptors (Lipinski definition) is 7. The molecule has 1 aromatic heterocycles. The zero-order chi connectivity index (χ0) is 30.8. The monoisotopic (exact) mass is 617 g/mol. The lowest BCUT2D eigenvalue weighted by atomic mass is 9.86. The molecule has 3 heterocycles. The highest BCUT2D eigenvalue weighted by atomic mass is 35.5. The molecule has 0 unspecified atom stereocenters. The van der Waals surface area contributed by atoms with Crippen LogP contribution in [0.4, 0.5) is 10.1 Å². The van der Waals surface area contributed by atoms with E-state index in [1.54, 1.807) is 30.2 Å². The summed E-state index contributed by atoms with van der Waals surface area (Å²) in [5.74, 6) is -1.28. The van der Waals surface area contributed by atoms with Crippen LogP contribution in [0, 0.1) is 5.82 Å². The van der Waals surface area contributed by atoms with Gasteiger partial charge in [-0.05, 0) is 59.7 Å². The van der Waals surface area contributed by atoms with Crippen LogP contribution in [-0.2, 0) is 29.0 Å². The Balaban J connectivity index is 1.34. The van der Waals surface area contributed by atoms with Gasteiger partial charge in [0.05, 0.1) is 23.9 Å². The summed E-state index contributed by atoms with van der Waals surface area (Å²) >= 11 is 5.95. The lowest BCUT2D eigenvalue weighted by molar-refractivity contribution is -0.123. The quantitative estimate of drug-likeness (QED) is 0.305. The summed E-state index contributed by atoms with van der Waals surface area (Å²) in [7, 11) is 1.74. The number of carbonyl (C=O) groups is 2. The second-order valence-corrected chi connectivity index (χ2v) is 11.6. The fraction of sp³-hybridized carbons (Fsp3) is 0.333. The van der Waals surface area contributed by atoms with Crippen LogP contribution in [0.25, 0.3) is 5.69 Å². The number of hydrogen-bond donors (Lipinski definition) is 1. The Morgan fingerprint density at radius 1 is 1.00 bits per heavy atom. The van der Waals surface area contributed by atoms with Gasteiger partial charge >= 0.3 is 0 Å². The van der Waals surface area contributed by atoms with E-state index >= 15 is 0 Å². The van der Waals surface area contributed by atoms with Crippen LogP contribution in [0.15, 0.2) is 66.9 Å². The van der Waals surface area contributed by atoms with Gasteiger partial charge in [-0.3, -0.25) is 9.59 Å². The molecule has 0 radical (unpaired) electrons. The summed E-state index contributed by atoms with van der Waals surface area (Å²) < 4.78 is 21.4. The highest BCUT2D eigenvalue weighted by Crippen LogP contribution is 2.38. The summed E-state index contributed by atoms with van der Waals surface area (Å²) in [6, 6.07) is 16.8. The zero-order valence-corrected chi connectivity index (χ0v) is 25.1. The normalized spacial score (nSPS) is 17.0. The summed E-state index contributed by atoms with van der Waals surface area (Å²) in [5.41, 5.74) is 4.53. The second kappa shape index (κ2) is 12.9. The number of piperidine rings is 1. The van der Waals surface area contributed by atoms with Crippen LogP contribution < -0.4 is 4.90 Å². The Bertz CT molecular complexity index is 1670. The maximum atomic E-state index is 14.7. The fourth-order valence-electron chi connectivity index (χ4n) is 6.20. The number of anilines is 1. The molecule has 1 fully saturated rings. The second-order valence-electron chi connectivity index (χ2n) is 11.2. The molecule has 6 rings (SSSR count). The average Bonchev–Trinajstić information content (AvgIpc) is 3.55. The number of benzene rings is 3. The van der Waals surface area contributed by atoms with E-state index in [0.717, 1.165) is 53.9 Å². The predicted octanol–water partition coefficient (Wildman–Crippen LogP) is 4.72. The smallest absolute Gasteiger partial charge is 0.276 e. The minimum Gasteiger partial charge on any atom is -0.392 e. The predicted molar refractivity (Wildman–Crippen MR) is 164 cm³/mol. The first-order valence-corrected chi connectivity index (χ1v) is 15.0. The number of ketones is 1. The number of aliphatic hydroxyl groups excluding tert-OH is 1. The molecular weight excluding hydrogens is 585 g/mol. The molecule has 2 aliphatic rings. The maximum Gasteiger partial charge on any atom is 0.276 e. The molecule has 1 saturated heterocycles. The summed E-state index contributed by atoms with van der Waals surface area (Å²) in [6.45, 7) is 1.90. The van der Waals surface area contributed by atoms with Crippen LogP contribution in [0.1, 0.15) is 51.6 Å². The van der Waals surface area contributed by atoms with E-state index in [9.17, 15) is 19.1 Å². The Labute approximate surface area is 259 Å². The molecule has 1 amide bonds. The summed E-state index contributed by atoms with van der Waals surface area (Å²) in [6.07, 6.45) is 4.09. The molecule has 9 nitrogen and oxygen atoms in total. The molecule has 1 atom stereocenters. The number of aromatic nitrogens is 3. The number of fused-ring (bicyclic) bond motifs is 1. The number of carbonyl (C=O) groups excluding carboxylic acids is 2. The maximum absolute atomic E-state index is 14.7. The van der Waals surface area contributed by atoms with Crippen LogP contribution >= 0.6 is 11.6 Å². The van der Waals surface area contributed by atoms with E-state index in [-0.39, 0.29) is 41.3 Å². The molecule has 2 aliphatic heterocycles. The highest BCUT2D eigenvalue weighted by Gasteiger charge is 2.38. The van der Waals surface area contributed by atoms with Gasteiger partial charge in [-0.2, -0.15) is 0 Å². The van der Waals surface area contributed by atoms with Crippen molar-refractivity contribution in [1.29, 1.82) is 0 Å². The van der Waals surface area contributed by atoms with Crippen molar-refractivity contribution in [2.75, 3.05) is 31.6 Å². The molecule has 3 aromatic carbocycles. The number of halogens is 2. The first-order chi connectivity index (χ1) is 21.4. The molecule has 0 bridgehead atoms. The van der Waals surface area contributed by atoms with Crippen LogP contribution in [0.2, 0.25) is 5.02 Å². The molecular formula is C33H33ClFN5O4. The third-order valence-corrected chi connectivity index (χ3v) is 8.84. The lowest BCUT2D eigenvalue weighted by Crippen LogP contribution is -2.45. The minimum absolute atomic E-state index is 0.00397. The molecule has 44 heavy (non-hydrogen) atoms. The van der Waals surface area contributed by atoms with Gasteiger partial charge in [0.1, 0.15) is 11.7 Å². The Morgan fingerprint density at radius 3 is 2.43 bits per heavy atom. The fourth-order valence-corrected chi connectivity index (χ4v) is 6.37. The van der Waals surface area contributed by atoms with Crippen molar-refractivity contribution in [3.63, 3.8) is 0 Å². The number of ether oxygens (including phenoxy) is 1. The SMILES string of the molecule is COC1CCN(c2cccc3c2CCN(C(=O)c2cn(-c4cccc(Cl)c4F)nn2)[C@H]3C(=O)Cc2ccc(CO)cc2)CC1. The molecule has 0 saturated carbocycles. The number of methoxy groups -OCH3 is 1. The van der Waals surface area contributed by atoms with Crippen LogP contribution in [0.5, 0.6) is 0 Å². The number of amides is 1. The number of Topliss-reactive ketones (excluding diaryl/α,β-unsaturated/α-hetero) is 1. The third kappa shape index (κ3) is 5.85. The van der Waals surface area contributed by atoms with Crippen molar-refractivity contribution in [3.8, 4) is 5.69 Å². The Hall–Kier alpha value is -4.12. The van der Waals surface area contributed by atoms with Gasteiger partial charge in [0, 0.05) is 38.9 Å². The Kier molecular flexibility index (Phi) is 8.74. The standard InChI is InChI=1S/C33H33ClFN5O4/c1-44-23-12-15-38(16-13-23)28-6-2-4-25-24(28)14-17-39(32(25)30(42)18-21-8-10-22(20-41)11-9-21)33(43)27-19-40(37-36-27)29-7-3-5-26(34)31(29)35/h2-11,19,23,32,41H,12-18,20H2,1H3/t32-/m1/s1. The van der Waals surface area contributed by atoms with E-state index in [4.69, 9.17) is 16.3 Å². The van der Waals surface area contributed by atoms with Crippen molar-refractivity contribution in [2.45, 2.75) is 44.4 Å². The third-order valence-electron chi connectivity index (χ3n) is 8.55. The van der Waals surface area contributed by atoms with Crippen molar-refractivity contribution < 1.29 is 23.8 Å². The number of nitrogens with zero attached hydrogens (tertiary/aromatic N) is 5. The van der Waals surface area contributed by atoms with Gasteiger partial charge in [0.15, 0.2) is 17.3 Å². The molecule has 4 aromatic rings. The highest BCUT2D eigenvalue weighted by molar-refractivity contribution is 6.30. The Morgan fingerprint density at radius 2 is 1.70 bits per heavy atom. The van der Waals surface area contributed by atoms with Crippen molar-refractivity contribution in [1.82, 2.24) is 19.9 Å². The van der Waals surface area contributed by atoms with Crippen LogP contribution in [-0.4, -0.2) is 69.5 Å². The first kappa shape index (κ1) is 29.9. The average molecular weight is 618 g/mol. The number of rotatable bonds is 8. The number of aliphatic hydroxyl groups is 1. The van der Waals surface area contributed by atoms with Gasteiger partial charge in [0.2, 0.25) is 0 Å².